The fourth-order valence-corrected chi connectivity index (χ4v) is 2.25. The minimum absolute atomic E-state index is 0.00717. The molecule has 0 radical (unpaired) electrons. The Kier molecular flexibility index (Phi) is 5.76. The first-order valence-corrected chi connectivity index (χ1v) is 6.61. The molecule has 0 saturated heterocycles. The largest absolute Gasteiger partial charge is 0.395 e. The second kappa shape index (κ2) is 6.86. The molecular weight excluding hydrogens is 229 g/mol. The van der Waals surface area contributed by atoms with E-state index in [0.29, 0.717) is 12.5 Å². The molecule has 1 atom stereocenters. The molecule has 2 nitrogen and oxygen atoms in total. The van der Waals surface area contributed by atoms with Gasteiger partial charge in [-0.3, -0.25) is 0 Å². The van der Waals surface area contributed by atoms with Gasteiger partial charge in [0.1, 0.15) is 5.82 Å². The van der Waals surface area contributed by atoms with Crippen molar-refractivity contribution in [3.05, 3.63) is 35.6 Å². The molecule has 1 aromatic rings. The van der Waals surface area contributed by atoms with Gasteiger partial charge in [0.2, 0.25) is 0 Å². The molecular formula is C15H24FNO. The van der Waals surface area contributed by atoms with Gasteiger partial charge >= 0.3 is 0 Å². The van der Waals surface area contributed by atoms with Gasteiger partial charge in [0, 0.05) is 12.0 Å². The zero-order valence-electron chi connectivity index (χ0n) is 11.3. The summed E-state index contributed by atoms with van der Waals surface area (Å²) in [6.07, 6.45) is 2.97. The summed E-state index contributed by atoms with van der Waals surface area (Å²) >= 11 is 0. The van der Waals surface area contributed by atoms with Crippen LogP contribution in [0.2, 0.25) is 0 Å². The number of hydrogen-bond donors (Lipinski definition) is 2. The molecule has 18 heavy (non-hydrogen) atoms. The number of halogens is 1. The van der Waals surface area contributed by atoms with Crippen molar-refractivity contribution in [3.63, 3.8) is 0 Å². The van der Waals surface area contributed by atoms with E-state index < -0.39 is 5.41 Å². The molecule has 0 aliphatic rings. The fourth-order valence-electron chi connectivity index (χ4n) is 2.25. The summed E-state index contributed by atoms with van der Waals surface area (Å²) in [4.78, 5) is 0. The Hall–Kier alpha value is -0.930. The van der Waals surface area contributed by atoms with Gasteiger partial charge in [-0.15, -0.1) is 0 Å². The number of aliphatic hydroxyl groups excluding tert-OH is 1. The van der Waals surface area contributed by atoms with Crippen molar-refractivity contribution in [2.45, 2.75) is 38.5 Å². The standard InChI is InChI=1S/C15H24FNO/c1-12(2)4-3-9-15(10-17,11-18)13-5-7-14(16)8-6-13/h5-8,12,18H,3-4,9-11,17H2,1-2H3. The molecule has 0 spiro atoms. The third kappa shape index (κ3) is 3.79. The van der Waals surface area contributed by atoms with Crippen LogP contribution in [0.15, 0.2) is 24.3 Å². The number of nitrogens with two attached hydrogens (primary N) is 1. The normalized spacial score (nSPS) is 14.8. The summed E-state index contributed by atoms with van der Waals surface area (Å²) < 4.78 is 12.9. The number of hydrogen-bond acceptors (Lipinski definition) is 2. The first-order chi connectivity index (χ1) is 8.54. The third-order valence-electron chi connectivity index (χ3n) is 3.59. The van der Waals surface area contributed by atoms with Gasteiger partial charge in [0.05, 0.1) is 6.61 Å². The van der Waals surface area contributed by atoms with Crippen molar-refractivity contribution in [1.82, 2.24) is 0 Å². The van der Waals surface area contributed by atoms with Crippen LogP contribution in [0.4, 0.5) is 4.39 Å². The van der Waals surface area contributed by atoms with Crippen molar-refractivity contribution < 1.29 is 9.50 Å². The highest BCUT2D eigenvalue weighted by Crippen LogP contribution is 2.29. The molecule has 102 valence electrons. The molecule has 0 aliphatic heterocycles. The Labute approximate surface area is 109 Å². The van der Waals surface area contributed by atoms with E-state index in [9.17, 15) is 9.50 Å². The Morgan fingerprint density at radius 3 is 2.33 bits per heavy atom. The first-order valence-electron chi connectivity index (χ1n) is 6.61. The minimum Gasteiger partial charge on any atom is -0.395 e. The molecule has 1 unspecified atom stereocenters. The molecule has 0 fully saturated rings. The maximum Gasteiger partial charge on any atom is 0.123 e. The average molecular weight is 253 g/mol. The molecule has 1 aromatic carbocycles. The highest BCUT2D eigenvalue weighted by atomic mass is 19.1. The second-order valence-corrected chi connectivity index (χ2v) is 5.44. The van der Waals surface area contributed by atoms with Crippen LogP contribution in [0.5, 0.6) is 0 Å². The lowest BCUT2D eigenvalue weighted by Gasteiger charge is -2.31. The van der Waals surface area contributed by atoms with Gasteiger partial charge in [-0.2, -0.15) is 0 Å². The molecule has 0 saturated carbocycles. The average Bonchev–Trinajstić information content (AvgIpc) is 2.36. The third-order valence-corrected chi connectivity index (χ3v) is 3.59. The Bertz CT molecular complexity index is 344. The van der Waals surface area contributed by atoms with Crippen LogP contribution >= 0.6 is 0 Å². The van der Waals surface area contributed by atoms with E-state index in [1.54, 1.807) is 12.1 Å². The number of rotatable bonds is 7. The fraction of sp³-hybridized carbons (Fsp3) is 0.600. The summed E-state index contributed by atoms with van der Waals surface area (Å²) in [5.74, 6) is 0.386. The first kappa shape index (κ1) is 15.1. The minimum atomic E-state index is -0.428. The molecule has 3 heteroatoms. The molecule has 0 aromatic heterocycles. The van der Waals surface area contributed by atoms with Gasteiger partial charge in [-0.1, -0.05) is 38.8 Å². The van der Waals surface area contributed by atoms with Crippen LogP contribution in [0.3, 0.4) is 0 Å². The lowest BCUT2D eigenvalue weighted by molar-refractivity contribution is 0.183. The van der Waals surface area contributed by atoms with Crippen LogP contribution in [-0.4, -0.2) is 18.3 Å². The van der Waals surface area contributed by atoms with E-state index in [1.165, 1.54) is 12.1 Å². The summed E-state index contributed by atoms with van der Waals surface area (Å²) in [5, 5.41) is 9.69. The van der Waals surface area contributed by atoms with Crippen LogP contribution in [0.1, 0.15) is 38.7 Å². The monoisotopic (exact) mass is 253 g/mol. The number of benzene rings is 1. The Morgan fingerprint density at radius 2 is 1.89 bits per heavy atom. The van der Waals surface area contributed by atoms with Crippen molar-refractivity contribution in [3.8, 4) is 0 Å². The Morgan fingerprint density at radius 1 is 1.28 bits per heavy atom. The van der Waals surface area contributed by atoms with Gasteiger partial charge in [0.15, 0.2) is 0 Å². The summed E-state index contributed by atoms with van der Waals surface area (Å²) in [6.45, 7) is 4.75. The van der Waals surface area contributed by atoms with E-state index >= 15 is 0 Å². The molecule has 1 rings (SSSR count). The Balaban J connectivity index is 2.81. The molecule has 0 amide bonds. The van der Waals surface area contributed by atoms with Crippen LogP contribution < -0.4 is 5.73 Å². The van der Waals surface area contributed by atoms with Crippen molar-refractivity contribution in [2.75, 3.05) is 13.2 Å². The smallest absolute Gasteiger partial charge is 0.123 e. The van der Waals surface area contributed by atoms with E-state index in [1.807, 2.05) is 0 Å². The predicted octanol–water partition coefficient (Wildman–Crippen LogP) is 2.84. The molecule has 0 aliphatic carbocycles. The summed E-state index contributed by atoms with van der Waals surface area (Å²) in [5.41, 5.74) is 6.35. The molecule has 0 bridgehead atoms. The second-order valence-electron chi connectivity index (χ2n) is 5.44. The lowest BCUT2D eigenvalue weighted by atomic mass is 9.76. The summed E-state index contributed by atoms with van der Waals surface area (Å²) in [6, 6.07) is 6.32. The van der Waals surface area contributed by atoms with Crippen LogP contribution in [0.25, 0.3) is 0 Å². The van der Waals surface area contributed by atoms with Crippen LogP contribution in [-0.2, 0) is 5.41 Å². The number of aliphatic hydroxyl groups is 1. The van der Waals surface area contributed by atoms with Gasteiger partial charge in [0.25, 0.3) is 0 Å². The van der Waals surface area contributed by atoms with Crippen molar-refractivity contribution >= 4 is 0 Å². The maximum absolute atomic E-state index is 12.9. The van der Waals surface area contributed by atoms with Gasteiger partial charge in [-0.05, 0) is 30.0 Å². The van der Waals surface area contributed by atoms with Crippen LogP contribution in [0, 0.1) is 11.7 Å². The topological polar surface area (TPSA) is 46.2 Å². The SMILES string of the molecule is CC(C)CCCC(CN)(CO)c1ccc(F)cc1. The summed E-state index contributed by atoms with van der Waals surface area (Å²) in [7, 11) is 0. The van der Waals surface area contributed by atoms with E-state index in [0.717, 1.165) is 24.8 Å². The zero-order valence-corrected chi connectivity index (χ0v) is 11.3. The lowest BCUT2D eigenvalue weighted by Crippen LogP contribution is -2.39. The van der Waals surface area contributed by atoms with Gasteiger partial charge in [-0.25, -0.2) is 4.39 Å². The van der Waals surface area contributed by atoms with E-state index in [-0.39, 0.29) is 12.4 Å². The van der Waals surface area contributed by atoms with E-state index in [2.05, 4.69) is 13.8 Å². The van der Waals surface area contributed by atoms with E-state index in [4.69, 9.17) is 5.73 Å². The highest BCUT2D eigenvalue weighted by molar-refractivity contribution is 5.26. The predicted molar refractivity (Wildman–Crippen MR) is 72.9 cm³/mol. The zero-order chi connectivity index (χ0) is 13.6. The van der Waals surface area contributed by atoms with Gasteiger partial charge < -0.3 is 10.8 Å². The quantitative estimate of drug-likeness (QED) is 0.785. The van der Waals surface area contributed by atoms with Crippen molar-refractivity contribution in [2.24, 2.45) is 11.7 Å². The molecule has 0 heterocycles. The maximum atomic E-state index is 12.9. The highest BCUT2D eigenvalue weighted by Gasteiger charge is 2.29. The molecule has 3 N–H and O–H groups in total. The van der Waals surface area contributed by atoms with Crippen molar-refractivity contribution in [1.29, 1.82) is 0 Å².